The molecule has 4 heteroatoms. The molecule has 1 aliphatic rings. The van der Waals surface area contributed by atoms with E-state index in [1.807, 2.05) is 19.2 Å². The Bertz CT molecular complexity index is 600. The number of nitrogens with zero attached hydrogens (tertiary/aromatic N) is 2. The molecule has 3 rings (SSSR count). The normalized spacial score (nSPS) is 18.2. The average Bonchev–Trinajstić information content (AvgIpc) is 3.00. The van der Waals surface area contributed by atoms with Crippen molar-refractivity contribution in [3.8, 4) is 0 Å². The maximum absolute atomic E-state index is 6.19. The summed E-state index contributed by atoms with van der Waals surface area (Å²) in [7, 11) is 1.91. The van der Waals surface area contributed by atoms with Crippen molar-refractivity contribution in [1.29, 1.82) is 0 Å². The van der Waals surface area contributed by atoms with Crippen molar-refractivity contribution >= 4 is 17.4 Å². The summed E-state index contributed by atoms with van der Waals surface area (Å²) in [5, 5.41) is 3.84. The van der Waals surface area contributed by atoms with Gasteiger partial charge in [0.15, 0.2) is 0 Å². The molecular weight excluding hydrogens is 282 g/mol. The van der Waals surface area contributed by atoms with Gasteiger partial charge in [0, 0.05) is 25.6 Å². The highest BCUT2D eigenvalue weighted by molar-refractivity contribution is 6.31. The molecule has 1 N–H and O–H groups in total. The smallest absolute Gasteiger partial charge is 0.128 e. The van der Waals surface area contributed by atoms with E-state index in [0.29, 0.717) is 12.5 Å². The second-order valence-corrected chi connectivity index (χ2v) is 5.88. The predicted octanol–water partition coefficient (Wildman–Crippen LogP) is 3.45. The molecule has 0 spiro atoms. The number of aromatic nitrogens is 1. The summed E-state index contributed by atoms with van der Waals surface area (Å²) in [6.45, 7) is 2.77. The van der Waals surface area contributed by atoms with Gasteiger partial charge >= 0.3 is 0 Å². The van der Waals surface area contributed by atoms with E-state index in [4.69, 9.17) is 16.6 Å². The van der Waals surface area contributed by atoms with E-state index in [1.54, 1.807) is 0 Å². The Kier molecular flexibility index (Phi) is 4.42. The Hall–Kier alpha value is -1.58. The van der Waals surface area contributed by atoms with E-state index in [-0.39, 0.29) is 0 Å². The molecule has 0 radical (unpaired) electrons. The SMILES string of the molecule is CNCc1nc(N2CCC(c3ccccc3)C2)ccc1Cl. The third kappa shape index (κ3) is 3.20. The zero-order valence-electron chi connectivity index (χ0n) is 12.2. The van der Waals surface area contributed by atoms with Gasteiger partial charge < -0.3 is 10.2 Å². The molecule has 1 unspecified atom stereocenters. The van der Waals surface area contributed by atoms with Gasteiger partial charge in [-0.2, -0.15) is 0 Å². The highest BCUT2D eigenvalue weighted by Crippen LogP contribution is 2.30. The third-order valence-electron chi connectivity index (χ3n) is 4.03. The average molecular weight is 302 g/mol. The van der Waals surface area contributed by atoms with Crippen LogP contribution in [0.3, 0.4) is 0 Å². The third-order valence-corrected chi connectivity index (χ3v) is 4.38. The first kappa shape index (κ1) is 14.4. The highest BCUT2D eigenvalue weighted by Gasteiger charge is 2.24. The van der Waals surface area contributed by atoms with Crippen molar-refractivity contribution in [2.75, 3.05) is 25.0 Å². The van der Waals surface area contributed by atoms with E-state index in [9.17, 15) is 0 Å². The van der Waals surface area contributed by atoms with Crippen LogP contribution in [0, 0.1) is 0 Å². The molecule has 1 fully saturated rings. The van der Waals surface area contributed by atoms with Crippen LogP contribution in [0.1, 0.15) is 23.6 Å². The minimum absolute atomic E-state index is 0.594. The molecular formula is C17H20ClN3. The molecule has 1 saturated heterocycles. The van der Waals surface area contributed by atoms with Crippen LogP contribution in [0.25, 0.3) is 0 Å². The minimum atomic E-state index is 0.594. The molecule has 0 saturated carbocycles. The van der Waals surface area contributed by atoms with Crippen LogP contribution in [0.2, 0.25) is 5.02 Å². The second kappa shape index (κ2) is 6.46. The maximum atomic E-state index is 6.19. The number of halogens is 1. The van der Waals surface area contributed by atoms with Crippen molar-refractivity contribution in [3.05, 3.63) is 58.7 Å². The molecule has 1 aromatic carbocycles. The van der Waals surface area contributed by atoms with Crippen molar-refractivity contribution in [2.45, 2.75) is 18.9 Å². The fourth-order valence-corrected chi connectivity index (χ4v) is 3.08. The van der Waals surface area contributed by atoms with Crippen molar-refractivity contribution in [3.63, 3.8) is 0 Å². The van der Waals surface area contributed by atoms with Gasteiger partial charge in [0.25, 0.3) is 0 Å². The van der Waals surface area contributed by atoms with E-state index >= 15 is 0 Å². The lowest BCUT2D eigenvalue weighted by Crippen LogP contribution is -2.21. The van der Waals surface area contributed by atoms with Crippen molar-refractivity contribution in [2.24, 2.45) is 0 Å². The number of nitrogens with one attached hydrogen (secondary N) is 1. The van der Waals surface area contributed by atoms with E-state index < -0.39 is 0 Å². The number of anilines is 1. The van der Waals surface area contributed by atoms with Gasteiger partial charge in [-0.1, -0.05) is 41.9 Å². The van der Waals surface area contributed by atoms with Crippen molar-refractivity contribution in [1.82, 2.24) is 10.3 Å². The topological polar surface area (TPSA) is 28.2 Å². The van der Waals surface area contributed by atoms with Crippen molar-refractivity contribution < 1.29 is 0 Å². The van der Waals surface area contributed by atoms with Crippen LogP contribution in [0.15, 0.2) is 42.5 Å². The van der Waals surface area contributed by atoms with Gasteiger partial charge in [-0.25, -0.2) is 4.98 Å². The van der Waals surface area contributed by atoms with E-state index in [0.717, 1.165) is 29.6 Å². The van der Waals surface area contributed by atoms with Crippen LogP contribution in [-0.4, -0.2) is 25.1 Å². The Labute approximate surface area is 131 Å². The monoisotopic (exact) mass is 301 g/mol. The zero-order valence-corrected chi connectivity index (χ0v) is 13.0. The molecule has 21 heavy (non-hydrogen) atoms. The van der Waals surface area contributed by atoms with Gasteiger partial charge in [0.2, 0.25) is 0 Å². The van der Waals surface area contributed by atoms with Gasteiger partial charge in [-0.15, -0.1) is 0 Å². The van der Waals surface area contributed by atoms with Crippen LogP contribution in [-0.2, 0) is 6.54 Å². The Morgan fingerprint density at radius 2 is 2.05 bits per heavy atom. The van der Waals surface area contributed by atoms with E-state index in [2.05, 4.69) is 40.5 Å². The first-order chi connectivity index (χ1) is 10.3. The minimum Gasteiger partial charge on any atom is -0.356 e. The summed E-state index contributed by atoms with van der Waals surface area (Å²) in [5.41, 5.74) is 2.34. The summed E-state index contributed by atoms with van der Waals surface area (Å²) in [4.78, 5) is 7.06. The largest absolute Gasteiger partial charge is 0.356 e. The molecule has 2 aromatic rings. The first-order valence-corrected chi connectivity index (χ1v) is 7.75. The molecule has 0 bridgehead atoms. The predicted molar refractivity (Wildman–Crippen MR) is 88.0 cm³/mol. The lowest BCUT2D eigenvalue weighted by atomic mass is 9.99. The van der Waals surface area contributed by atoms with Gasteiger partial charge in [-0.3, -0.25) is 0 Å². The van der Waals surface area contributed by atoms with E-state index in [1.165, 1.54) is 12.0 Å². The molecule has 1 aliphatic heterocycles. The molecule has 3 nitrogen and oxygen atoms in total. The zero-order chi connectivity index (χ0) is 14.7. The van der Waals surface area contributed by atoms with Gasteiger partial charge in [-0.05, 0) is 31.2 Å². The summed E-state index contributed by atoms with van der Waals surface area (Å²) < 4.78 is 0. The number of hydrogen-bond acceptors (Lipinski definition) is 3. The first-order valence-electron chi connectivity index (χ1n) is 7.38. The number of rotatable bonds is 4. The van der Waals surface area contributed by atoms with Crippen LogP contribution in [0.4, 0.5) is 5.82 Å². The summed E-state index contributed by atoms with van der Waals surface area (Å²) in [5.74, 6) is 1.62. The Morgan fingerprint density at radius 1 is 1.24 bits per heavy atom. The standard InChI is InChI=1S/C17H20ClN3/c1-19-11-16-15(18)7-8-17(20-16)21-10-9-14(12-21)13-5-3-2-4-6-13/h2-8,14,19H,9-12H2,1H3. The molecule has 0 aliphatic carbocycles. The number of hydrogen-bond donors (Lipinski definition) is 1. The number of benzene rings is 1. The fraction of sp³-hybridized carbons (Fsp3) is 0.353. The quantitative estimate of drug-likeness (QED) is 0.937. The lowest BCUT2D eigenvalue weighted by Gasteiger charge is -2.19. The Balaban J connectivity index is 1.75. The highest BCUT2D eigenvalue weighted by atomic mass is 35.5. The lowest BCUT2D eigenvalue weighted by molar-refractivity contribution is 0.770. The van der Waals surface area contributed by atoms with Gasteiger partial charge in [0.05, 0.1) is 10.7 Å². The second-order valence-electron chi connectivity index (χ2n) is 5.47. The summed E-state index contributed by atoms with van der Waals surface area (Å²) >= 11 is 6.19. The molecule has 110 valence electrons. The van der Waals surface area contributed by atoms with Gasteiger partial charge in [0.1, 0.15) is 5.82 Å². The van der Waals surface area contributed by atoms with Crippen LogP contribution in [0.5, 0.6) is 0 Å². The summed E-state index contributed by atoms with van der Waals surface area (Å²) in [6.07, 6.45) is 1.18. The van der Waals surface area contributed by atoms with Crippen LogP contribution >= 0.6 is 11.6 Å². The number of pyridine rings is 1. The Morgan fingerprint density at radius 3 is 2.81 bits per heavy atom. The molecule has 1 atom stereocenters. The molecule has 0 amide bonds. The maximum Gasteiger partial charge on any atom is 0.128 e. The fourth-order valence-electron chi connectivity index (χ4n) is 2.91. The molecule has 1 aromatic heterocycles. The molecule has 2 heterocycles. The van der Waals surface area contributed by atoms with Crippen LogP contribution < -0.4 is 10.2 Å². The summed E-state index contributed by atoms with van der Waals surface area (Å²) in [6, 6.07) is 14.7.